The van der Waals surface area contributed by atoms with Crippen LogP contribution in [0.15, 0.2) is 42.6 Å². The van der Waals surface area contributed by atoms with E-state index in [4.69, 9.17) is 15.0 Å². The summed E-state index contributed by atoms with van der Waals surface area (Å²) in [5.74, 6) is -0.223. The third-order valence-corrected chi connectivity index (χ3v) is 4.47. The highest BCUT2D eigenvalue weighted by Crippen LogP contribution is 2.22. The maximum absolute atomic E-state index is 10.9. The van der Waals surface area contributed by atoms with Crippen molar-refractivity contribution in [2.75, 3.05) is 13.1 Å². The minimum absolute atomic E-state index is 0.250. The average Bonchev–Trinajstić information content (AvgIpc) is 3.05. The number of aryl methyl sites for hydroxylation is 1. The topological polar surface area (TPSA) is 90.7 Å². The van der Waals surface area contributed by atoms with Gasteiger partial charge in [0.2, 0.25) is 0 Å². The maximum Gasteiger partial charge on any atom is 0.335 e. The number of carboxylic acids is 1. The summed E-state index contributed by atoms with van der Waals surface area (Å²) < 4.78 is 0. The second kappa shape index (κ2) is 9.68. The molecule has 1 unspecified atom stereocenters. The summed E-state index contributed by atoms with van der Waals surface area (Å²) in [5, 5.41) is 15.8. The van der Waals surface area contributed by atoms with Crippen LogP contribution in [0.1, 0.15) is 33.6 Å². The normalized spacial score (nSPS) is 16.6. The summed E-state index contributed by atoms with van der Waals surface area (Å²) >= 11 is 0. The number of hydrogen-bond acceptors (Lipinski definition) is 4. The van der Waals surface area contributed by atoms with Crippen LogP contribution < -0.4 is 0 Å². The van der Waals surface area contributed by atoms with Gasteiger partial charge in [0.15, 0.2) is 0 Å². The number of pyridine rings is 1. The predicted octanol–water partition coefficient (Wildman–Crippen LogP) is 2.85. The number of likely N-dealkylation sites (tertiary alicyclic amines) is 1. The Kier molecular flexibility index (Phi) is 7.29. The minimum atomic E-state index is -0.865. The molecule has 1 aromatic heterocycles. The SMILES string of the molecule is Cc1ccc(CN2CCC(Cc3ccc(C(=O)O)cc3)C2)cn1.O=CO. The minimum Gasteiger partial charge on any atom is -0.483 e. The number of carbonyl (C=O) groups is 2. The molecule has 0 radical (unpaired) electrons. The molecular weight excluding hydrogens is 332 g/mol. The molecule has 1 aliphatic rings. The van der Waals surface area contributed by atoms with Crippen molar-refractivity contribution in [2.45, 2.75) is 26.3 Å². The Morgan fingerprint density at radius 2 is 1.88 bits per heavy atom. The summed E-state index contributed by atoms with van der Waals surface area (Å²) in [4.78, 5) is 26.1. The smallest absolute Gasteiger partial charge is 0.335 e. The first kappa shape index (κ1) is 19.6. The fraction of sp³-hybridized carbons (Fsp3) is 0.350. The van der Waals surface area contributed by atoms with Crippen molar-refractivity contribution in [3.8, 4) is 0 Å². The molecule has 0 saturated carbocycles. The molecule has 3 rings (SSSR count). The largest absolute Gasteiger partial charge is 0.483 e. The molecule has 2 aromatic rings. The van der Waals surface area contributed by atoms with Crippen LogP contribution in [-0.4, -0.2) is 45.6 Å². The van der Waals surface area contributed by atoms with Gasteiger partial charge in [-0.2, -0.15) is 0 Å². The number of aromatic nitrogens is 1. The standard InChI is InChI=1S/C19H22N2O2.CH2O2/c1-14-2-3-17(11-20-14)13-21-9-8-16(12-21)10-15-4-6-18(7-5-15)19(22)23;2-1-3/h2-7,11,16H,8-10,12-13H2,1H3,(H,22,23);1H,(H,2,3). The average molecular weight is 356 g/mol. The second-order valence-corrected chi connectivity index (χ2v) is 6.51. The van der Waals surface area contributed by atoms with E-state index in [0.717, 1.165) is 31.7 Å². The van der Waals surface area contributed by atoms with E-state index in [-0.39, 0.29) is 6.47 Å². The maximum atomic E-state index is 10.9. The van der Waals surface area contributed by atoms with Crippen LogP contribution in [0.25, 0.3) is 0 Å². The van der Waals surface area contributed by atoms with E-state index in [1.165, 1.54) is 17.5 Å². The molecule has 0 aliphatic carbocycles. The van der Waals surface area contributed by atoms with Crippen molar-refractivity contribution >= 4 is 12.4 Å². The molecule has 2 heterocycles. The highest BCUT2D eigenvalue weighted by molar-refractivity contribution is 5.87. The van der Waals surface area contributed by atoms with Gasteiger partial charge in [0, 0.05) is 25.0 Å². The fourth-order valence-electron chi connectivity index (χ4n) is 3.19. The van der Waals surface area contributed by atoms with Crippen LogP contribution in [0.3, 0.4) is 0 Å². The van der Waals surface area contributed by atoms with Gasteiger partial charge in [-0.25, -0.2) is 4.79 Å². The number of benzene rings is 1. The molecule has 26 heavy (non-hydrogen) atoms. The summed E-state index contributed by atoms with van der Waals surface area (Å²) in [6, 6.07) is 11.5. The van der Waals surface area contributed by atoms with Gasteiger partial charge >= 0.3 is 5.97 Å². The second-order valence-electron chi connectivity index (χ2n) is 6.51. The molecule has 0 bridgehead atoms. The van der Waals surface area contributed by atoms with Gasteiger partial charge in [-0.3, -0.25) is 14.7 Å². The van der Waals surface area contributed by atoms with Crippen LogP contribution in [0.2, 0.25) is 0 Å². The van der Waals surface area contributed by atoms with Crippen molar-refractivity contribution in [2.24, 2.45) is 5.92 Å². The van der Waals surface area contributed by atoms with Crippen LogP contribution in [0.4, 0.5) is 0 Å². The number of hydrogen-bond donors (Lipinski definition) is 2. The highest BCUT2D eigenvalue weighted by atomic mass is 16.4. The number of aromatic carboxylic acids is 1. The van der Waals surface area contributed by atoms with Crippen molar-refractivity contribution in [1.29, 1.82) is 0 Å². The zero-order valence-corrected chi connectivity index (χ0v) is 14.8. The first-order valence-corrected chi connectivity index (χ1v) is 8.55. The van der Waals surface area contributed by atoms with E-state index in [1.807, 2.05) is 25.3 Å². The number of carboxylic acid groups (broad SMARTS) is 2. The Balaban J connectivity index is 0.000000758. The lowest BCUT2D eigenvalue weighted by molar-refractivity contribution is -0.122. The lowest BCUT2D eigenvalue weighted by Gasteiger charge is -2.16. The molecule has 6 nitrogen and oxygen atoms in total. The van der Waals surface area contributed by atoms with Gasteiger partial charge in [-0.05, 0) is 61.6 Å². The molecule has 6 heteroatoms. The summed E-state index contributed by atoms with van der Waals surface area (Å²) in [6.45, 7) is 4.92. The van der Waals surface area contributed by atoms with E-state index in [1.54, 1.807) is 12.1 Å². The van der Waals surface area contributed by atoms with Crippen molar-refractivity contribution < 1.29 is 19.8 Å². The van der Waals surface area contributed by atoms with Gasteiger partial charge in [0.25, 0.3) is 6.47 Å². The van der Waals surface area contributed by atoms with Crippen LogP contribution >= 0.6 is 0 Å². The summed E-state index contributed by atoms with van der Waals surface area (Å²) in [6.07, 6.45) is 4.18. The number of nitrogens with zero attached hydrogens (tertiary/aromatic N) is 2. The fourth-order valence-corrected chi connectivity index (χ4v) is 3.19. The van der Waals surface area contributed by atoms with Crippen molar-refractivity contribution in [1.82, 2.24) is 9.88 Å². The monoisotopic (exact) mass is 356 g/mol. The molecule has 1 aromatic carbocycles. The van der Waals surface area contributed by atoms with E-state index >= 15 is 0 Å². The lowest BCUT2D eigenvalue weighted by atomic mass is 9.98. The molecule has 138 valence electrons. The van der Waals surface area contributed by atoms with Crippen LogP contribution in [0.5, 0.6) is 0 Å². The van der Waals surface area contributed by atoms with Gasteiger partial charge in [-0.1, -0.05) is 18.2 Å². The molecule has 1 aliphatic heterocycles. The Hall–Kier alpha value is -2.73. The van der Waals surface area contributed by atoms with Crippen molar-refractivity contribution in [3.05, 3.63) is 65.0 Å². The first-order chi connectivity index (χ1) is 12.5. The van der Waals surface area contributed by atoms with Gasteiger partial charge < -0.3 is 10.2 Å². The third kappa shape index (κ3) is 5.97. The third-order valence-electron chi connectivity index (χ3n) is 4.47. The molecule has 1 atom stereocenters. The molecule has 0 spiro atoms. The van der Waals surface area contributed by atoms with E-state index in [0.29, 0.717) is 11.5 Å². The highest BCUT2D eigenvalue weighted by Gasteiger charge is 2.22. The Morgan fingerprint density at radius 1 is 1.23 bits per heavy atom. The van der Waals surface area contributed by atoms with Gasteiger partial charge in [0.05, 0.1) is 5.56 Å². The molecule has 0 amide bonds. The molecule has 1 fully saturated rings. The van der Waals surface area contributed by atoms with Crippen LogP contribution in [-0.2, 0) is 17.8 Å². The first-order valence-electron chi connectivity index (χ1n) is 8.55. The van der Waals surface area contributed by atoms with Gasteiger partial charge in [0.1, 0.15) is 0 Å². The van der Waals surface area contributed by atoms with Gasteiger partial charge in [-0.15, -0.1) is 0 Å². The Bertz CT molecular complexity index is 714. The summed E-state index contributed by atoms with van der Waals surface area (Å²) in [5.41, 5.74) is 3.90. The molecular formula is C20H24N2O4. The Morgan fingerprint density at radius 3 is 2.46 bits per heavy atom. The van der Waals surface area contributed by atoms with Crippen molar-refractivity contribution in [3.63, 3.8) is 0 Å². The van der Waals surface area contributed by atoms with E-state index in [2.05, 4.69) is 22.0 Å². The lowest BCUT2D eigenvalue weighted by Crippen LogP contribution is -2.20. The molecule has 2 N–H and O–H groups in total. The van der Waals surface area contributed by atoms with E-state index < -0.39 is 5.97 Å². The molecule has 1 saturated heterocycles. The van der Waals surface area contributed by atoms with Crippen LogP contribution in [0, 0.1) is 12.8 Å². The predicted molar refractivity (Wildman–Crippen MR) is 98.2 cm³/mol. The summed E-state index contributed by atoms with van der Waals surface area (Å²) in [7, 11) is 0. The number of rotatable bonds is 5. The zero-order valence-electron chi connectivity index (χ0n) is 14.8. The zero-order chi connectivity index (χ0) is 18.9. The Labute approximate surface area is 153 Å². The quantitative estimate of drug-likeness (QED) is 0.801. The van der Waals surface area contributed by atoms with E-state index in [9.17, 15) is 4.79 Å².